The second-order valence-corrected chi connectivity index (χ2v) is 1.33. The monoisotopic (exact) mass is 145 g/mol. The number of nitrogens with two attached hydrogens (primary N) is 1. The number of carbonyl (C=O) groups excluding carboxylic acids is 1. The van der Waals surface area contributed by atoms with Gasteiger partial charge in [-0.2, -0.15) is 0 Å². The minimum absolute atomic E-state index is 1.05. The van der Waals surface area contributed by atoms with E-state index in [2.05, 4.69) is 5.73 Å². The van der Waals surface area contributed by atoms with Crippen LogP contribution in [0.5, 0.6) is 0 Å². The SMILES string of the molecule is NC(=O)C#CC(F)C(=O)O. The van der Waals surface area contributed by atoms with E-state index in [1.807, 2.05) is 0 Å². The van der Waals surface area contributed by atoms with Crippen LogP contribution in [0.15, 0.2) is 0 Å². The quantitative estimate of drug-likeness (QED) is 0.459. The van der Waals surface area contributed by atoms with E-state index < -0.39 is 18.0 Å². The summed E-state index contributed by atoms with van der Waals surface area (Å²) in [5.41, 5.74) is 4.47. The number of amides is 1. The van der Waals surface area contributed by atoms with Crippen LogP contribution in [0.1, 0.15) is 0 Å². The molecule has 0 aliphatic rings. The number of aliphatic carboxylic acids is 1. The Morgan fingerprint density at radius 2 is 2.10 bits per heavy atom. The average molecular weight is 145 g/mol. The number of hydrogen-bond donors (Lipinski definition) is 2. The fraction of sp³-hybridized carbons (Fsp3) is 0.200. The first-order valence-electron chi connectivity index (χ1n) is 2.22. The van der Waals surface area contributed by atoms with E-state index in [0.717, 1.165) is 0 Å². The van der Waals surface area contributed by atoms with Crippen LogP contribution in [-0.2, 0) is 9.59 Å². The summed E-state index contributed by atoms with van der Waals surface area (Å²) in [5, 5.41) is 7.87. The molecule has 0 saturated carbocycles. The number of carboxylic acid groups (broad SMARTS) is 1. The predicted octanol–water partition coefficient (Wildman–Crippen LogP) is -1.10. The van der Waals surface area contributed by atoms with Crippen LogP contribution in [0.2, 0.25) is 0 Å². The summed E-state index contributed by atoms with van der Waals surface area (Å²) in [5.74, 6) is 0.270. The third-order valence-electron chi connectivity index (χ3n) is 0.539. The van der Waals surface area contributed by atoms with Crippen molar-refractivity contribution in [2.24, 2.45) is 5.73 Å². The number of halogens is 1. The van der Waals surface area contributed by atoms with Gasteiger partial charge in [0, 0.05) is 0 Å². The van der Waals surface area contributed by atoms with Gasteiger partial charge in [-0.15, -0.1) is 0 Å². The van der Waals surface area contributed by atoms with E-state index in [4.69, 9.17) is 5.11 Å². The summed E-state index contributed by atoms with van der Waals surface area (Å²) in [7, 11) is 0. The molecule has 0 aromatic heterocycles. The standard InChI is InChI=1S/C5H4FNO3/c6-3(5(9)10)1-2-4(7)8/h3H,(H2,7,8)(H,9,10). The first-order chi connectivity index (χ1) is 4.54. The summed E-state index contributed by atoms with van der Waals surface area (Å²) >= 11 is 0. The molecule has 5 heteroatoms. The molecule has 4 nitrogen and oxygen atoms in total. The second-order valence-electron chi connectivity index (χ2n) is 1.33. The van der Waals surface area contributed by atoms with Gasteiger partial charge < -0.3 is 10.8 Å². The van der Waals surface area contributed by atoms with E-state index in [-0.39, 0.29) is 0 Å². The minimum Gasteiger partial charge on any atom is -0.478 e. The maximum absolute atomic E-state index is 11.9. The summed E-state index contributed by atoms with van der Waals surface area (Å²) in [6.07, 6.45) is -2.34. The molecule has 1 unspecified atom stereocenters. The van der Waals surface area contributed by atoms with E-state index >= 15 is 0 Å². The summed E-state index contributed by atoms with van der Waals surface area (Å²) in [6.45, 7) is 0. The van der Waals surface area contributed by atoms with Crippen molar-refractivity contribution in [3.05, 3.63) is 0 Å². The highest BCUT2D eigenvalue weighted by Crippen LogP contribution is 1.85. The van der Waals surface area contributed by atoms with Gasteiger partial charge in [-0.3, -0.25) is 4.79 Å². The molecule has 54 valence electrons. The van der Waals surface area contributed by atoms with Gasteiger partial charge in [0.15, 0.2) is 0 Å². The van der Waals surface area contributed by atoms with Crippen molar-refractivity contribution in [1.29, 1.82) is 0 Å². The molecule has 0 heterocycles. The zero-order valence-corrected chi connectivity index (χ0v) is 4.80. The number of alkyl halides is 1. The summed E-state index contributed by atoms with van der Waals surface area (Å²) in [4.78, 5) is 19.5. The molecule has 0 bridgehead atoms. The van der Waals surface area contributed by atoms with E-state index in [1.165, 1.54) is 5.92 Å². The van der Waals surface area contributed by atoms with Crippen molar-refractivity contribution in [1.82, 2.24) is 0 Å². The summed E-state index contributed by atoms with van der Waals surface area (Å²) < 4.78 is 11.9. The molecule has 0 aromatic rings. The van der Waals surface area contributed by atoms with Crippen molar-refractivity contribution in [3.63, 3.8) is 0 Å². The van der Waals surface area contributed by atoms with Crippen molar-refractivity contribution >= 4 is 11.9 Å². The Labute approximate surface area is 55.8 Å². The molecular formula is C5H4FNO3. The van der Waals surface area contributed by atoms with Gasteiger partial charge in [-0.25, -0.2) is 9.18 Å². The lowest BCUT2D eigenvalue weighted by molar-refractivity contribution is -0.140. The third kappa shape index (κ3) is 3.43. The van der Waals surface area contributed by atoms with Gasteiger partial charge in [-0.1, -0.05) is 0 Å². The molecule has 3 N–H and O–H groups in total. The largest absolute Gasteiger partial charge is 0.478 e. The Kier molecular flexibility index (Phi) is 2.91. The smallest absolute Gasteiger partial charge is 0.351 e. The highest BCUT2D eigenvalue weighted by molar-refractivity contribution is 5.93. The Balaban J connectivity index is 4.05. The zero-order chi connectivity index (χ0) is 8.15. The Hall–Kier alpha value is -1.57. The van der Waals surface area contributed by atoms with Crippen LogP contribution in [0.3, 0.4) is 0 Å². The fourth-order valence-corrected chi connectivity index (χ4v) is 0.196. The maximum Gasteiger partial charge on any atom is 0.351 e. The normalized spacial score (nSPS) is 10.9. The van der Waals surface area contributed by atoms with Crippen molar-refractivity contribution in [2.45, 2.75) is 6.17 Å². The van der Waals surface area contributed by atoms with Crippen LogP contribution in [0.25, 0.3) is 0 Å². The number of hydrogen-bond acceptors (Lipinski definition) is 2. The van der Waals surface area contributed by atoms with Crippen molar-refractivity contribution in [2.75, 3.05) is 0 Å². The third-order valence-corrected chi connectivity index (χ3v) is 0.539. The lowest BCUT2D eigenvalue weighted by Gasteiger charge is -1.86. The van der Waals surface area contributed by atoms with Crippen molar-refractivity contribution < 1.29 is 19.1 Å². The molecule has 0 saturated heterocycles. The van der Waals surface area contributed by atoms with Gasteiger partial charge in [0.1, 0.15) is 0 Å². The second kappa shape index (κ2) is 3.45. The first-order valence-corrected chi connectivity index (χ1v) is 2.22. The van der Waals surface area contributed by atoms with E-state index in [0.29, 0.717) is 0 Å². The van der Waals surface area contributed by atoms with Crippen LogP contribution in [-0.4, -0.2) is 23.2 Å². The number of carbonyl (C=O) groups is 2. The predicted molar refractivity (Wildman–Crippen MR) is 29.5 cm³/mol. The average Bonchev–Trinajstić information content (AvgIpc) is 1.82. The number of carboxylic acids is 1. The minimum atomic E-state index is -2.34. The van der Waals surface area contributed by atoms with Gasteiger partial charge in [0.2, 0.25) is 0 Å². The summed E-state index contributed by atoms with van der Waals surface area (Å²) in [6, 6.07) is 0. The fourth-order valence-electron chi connectivity index (χ4n) is 0.196. The highest BCUT2D eigenvalue weighted by Gasteiger charge is 2.10. The lowest BCUT2D eigenvalue weighted by Crippen LogP contribution is -2.13. The van der Waals surface area contributed by atoms with Crippen LogP contribution in [0, 0.1) is 11.8 Å². The molecule has 10 heavy (non-hydrogen) atoms. The lowest BCUT2D eigenvalue weighted by atomic mass is 10.4. The van der Waals surface area contributed by atoms with Crippen LogP contribution >= 0.6 is 0 Å². The van der Waals surface area contributed by atoms with Crippen LogP contribution in [0.4, 0.5) is 4.39 Å². The number of rotatable bonds is 1. The number of primary amides is 1. The van der Waals surface area contributed by atoms with Crippen molar-refractivity contribution in [3.8, 4) is 11.8 Å². The van der Waals surface area contributed by atoms with Gasteiger partial charge >= 0.3 is 5.97 Å². The topological polar surface area (TPSA) is 80.4 Å². The molecule has 0 rings (SSSR count). The molecular weight excluding hydrogens is 141 g/mol. The van der Waals surface area contributed by atoms with Gasteiger partial charge in [-0.05, 0) is 11.8 Å². The maximum atomic E-state index is 11.9. The molecule has 0 aromatic carbocycles. The molecule has 1 amide bonds. The highest BCUT2D eigenvalue weighted by atomic mass is 19.1. The molecule has 0 aliphatic heterocycles. The van der Waals surface area contributed by atoms with E-state index in [1.54, 1.807) is 5.92 Å². The molecule has 0 aliphatic carbocycles. The molecule has 0 spiro atoms. The van der Waals surface area contributed by atoms with E-state index in [9.17, 15) is 14.0 Å². The van der Waals surface area contributed by atoms with Crippen LogP contribution < -0.4 is 5.73 Å². The van der Waals surface area contributed by atoms with Gasteiger partial charge in [0.05, 0.1) is 0 Å². The van der Waals surface area contributed by atoms with Gasteiger partial charge in [0.25, 0.3) is 12.1 Å². The molecule has 0 fully saturated rings. The Bertz CT molecular complexity index is 215. The molecule has 0 radical (unpaired) electrons. The molecule has 1 atom stereocenters. The Morgan fingerprint density at radius 3 is 2.40 bits per heavy atom. The Morgan fingerprint density at radius 1 is 1.60 bits per heavy atom. The zero-order valence-electron chi connectivity index (χ0n) is 4.80. The first kappa shape index (κ1) is 8.43.